The molecule has 1 fully saturated rings. The van der Waals surface area contributed by atoms with Crippen molar-refractivity contribution in [2.45, 2.75) is 42.9 Å². The molecule has 0 bridgehead atoms. The third-order valence-corrected chi connectivity index (χ3v) is 11.3. The Morgan fingerprint density at radius 1 is 0.792 bits per heavy atom. The summed E-state index contributed by atoms with van der Waals surface area (Å²) in [5.41, 5.74) is 3.93. The van der Waals surface area contributed by atoms with Crippen LogP contribution < -0.4 is 5.32 Å². The third-order valence-electron chi connectivity index (χ3n) is 9.08. The number of amides is 1. The van der Waals surface area contributed by atoms with E-state index in [9.17, 15) is 31.9 Å². The van der Waals surface area contributed by atoms with E-state index in [0.717, 1.165) is 42.4 Å². The Bertz CT molecular complexity index is 2220. The maximum atomic E-state index is 14.2. The van der Waals surface area contributed by atoms with Gasteiger partial charge in [-0.15, -0.1) is 11.3 Å². The number of benzene rings is 5. The van der Waals surface area contributed by atoms with E-state index < -0.39 is 46.8 Å². The van der Waals surface area contributed by atoms with Crippen molar-refractivity contribution in [2.24, 2.45) is 5.92 Å². The van der Waals surface area contributed by atoms with Gasteiger partial charge in [0.15, 0.2) is 33.9 Å². The van der Waals surface area contributed by atoms with Crippen LogP contribution in [-0.2, 0) is 22.6 Å². The van der Waals surface area contributed by atoms with Gasteiger partial charge in [-0.2, -0.15) is 0 Å². The summed E-state index contributed by atoms with van der Waals surface area (Å²) in [5.74, 6) is -12.0. The van der Waals surface area contributed by atoms with Crippen LogP contribution in [0.2, 0.25) is 0 Å². The average Bonchev–Trinajstić information content (AvgIpc) is 3.61. The number of nitrogens with zero attached hydrogens (tertiary/aromatic N) is 1. The summed E-state index contributed by atoms with van der Waals surface area (Å²) in [7, 11) is 0. The number of rotatable bonds is 10. The quantitative estimate of drug-likeness (QED) is 0.0627. The van der Waals surface area contributed by atoms with E-state index in [0.29, 0.717) is 11.3 Å². The predicted molar refractivity (Wildman–Crippen MR) is 193 cm³/mol. The lowest BCUT2D eigenvalue weighted by atomic mass is 9.91. The van der Waals surface area contributed by atoms with Gasteiger partial charge in [0.1, 0.15) is 5.56 Å². The van der Waals surface area contributed by atoms with Crippen LogP contribution in [0.4, 0.5) is 22.0 Å². The Hall–Kier alpha value is -4.66. The number of ether oxygens (including phenoxy) is 2. The van der Waals surface area contributed by atoms with E-state index in [4.69, 9.17) is 14.5 Å². The Morgan fingerprint density at radius 2 is 1.47 bits per heavy atom. The summed E-state index contributed by atoms with van der Waals surface area (Å²) in [4.78, 5) is 17.3. The van der Waals surface area contributed by atoms with Crippen molar-refractivity contribution in [1.29, 1.82) is 0 Å². The number of hydrogen-bond donors (Lipinski definition) is 2. The number of nitrogens with one attached hydrogen (secondary N) is 1. The van der Waals surface area contributed by atoms with E-state index >= 15 is 0 Å². The summed E-state index contributed by atoms with van der Waals surface area (Å²) < 4.78 is 84.6. The summed E-state index contributed by atoms with van der Waals surface area (Å²) in [5, 5.41) is 11.8. The zero-order valence-electron chi connectivity index (χ0n) is 28.0. The van der Waals surface area contributed by atoms with Crippen molar-refractivity contribution in [1.82, 2.24) is 10.3 Å². The Balaban J connectivity index is 1.11. The molecular formula is C40H31F5N2O4S2. The minimum Gasteiger partial charge on any atom is -0.392 e. The fourth-order valence-corrected chi connectivity index (χ4v) is 8.43. The van der Waals surface area contributed by atoms with Gasteiger partial charge in [-0.25, -0.2) is 26.9 Å². The van der Waals surface area contributed by atoms with E-state index in [-0.39, 0.29) is 31.3 Å². The lowest BCUT2D eigenvalue weighted by molar-refractivity contribution is -0.268. The maximum absolute atomic E-state index is 14.2. The molecular weight excluding hydrogens is 732 g/mol. The van der Waals surface area contributed by atoms with Crippen LogP contribution >= 0.6 is 23.1 Å². The van der Waals surface area contributed by atoms with Gasteiger partial charge in [0.2, 0.25) is 5.82 Å². The van der Waals surface area contributed by atoms with Crippen molar-refractivity contribution >= 4 is 39.2 Å². The second-order valence-electron chi connectivity index (χ2n) is 12.5. The molecule has 6 aromatic rings. The van der Waals surface area contributed by atoms with Crippen molar-refractivity contribution in [3.05, 3.63) is 154 Å². The van der Waals surface area contributed by atoms with E-state index in [2.05, 4.69) is 12.2 Å². The molecule has 13 heteroatoms. The number of fused-ring (bicyclic) bond motifs is 1. The van der Waals surface area contributed by atoms with E-state index in [1.54, 1.807) is 41.3 Å². The van der Waals surface area contributed by atoms with Gasteiger partial charge < -0.3 is 19.9 Å². The number of para-hydroxylation sites is 1. The standard InChI is InChI=1S/C40H31F5N2O4S2/c1-21-29(20-52-40-47-28-10-2-3-11-30(28)53-40)50-39(51-37(21)24-14-12-22(19-48)13-15-24)27-9-5-8-26(17-27)25-7-4-6-23(16-25)18-46-38(49)31-32(41)34(43)36(45)35(44)33(31)42/h2-17,21,29,37,39,48H,18-20H2,1H3,(H,46,49). The van der Waals surface area contributed by atoms with Crippen molar-refractivity contribution in [3.8, 4) is 11.1 Å². The van der Waals surface area contributed by atoms with Crippen LogP contribution in [0.1, 0.15) is 51.9 Å². The molecule has 1 amide bonds. The zero-order chi connectivity index (χ0) is 37.2. The molecule has 4 unspecified atom stereocenters. The molecule has 0 radical (unpaired) electrons. The molecule has 1 aromatic heterocycles. The van der Waals surface area contributed by atoms with Gasteiger partial charge in [-0.05, 0) is 52.1 Å². The molecule has 1 saturated heterocycles. The highest BCUT2D eigenvalue weighted by Crippen LogP contribution is 2.44. The van der Waals surface area contributed by atoms with Crippen molar-refractivity contribution in [2.75, 3.05) is 5.75 Å². The first-order valence-electron chi connectivity index (χ1n) is 16.6. The number of halogens is 5. The Labute approximate surface area is 309 Å². The molecule has 5 aromatic carbocycles. The summed E-state index contributed by atoms with van der Waals surface area (Å²) in [6.45, 7) is 1.78. The topological polar surface area (TPSA) is 80.7 Å². The highest BCUT2D eigenvalue weighted by atomic mass is 32.2. The van der Waals surface area contributed by atoms with E-state index in [1.165, 1.54) is 0 Å². The molecule has 2 heterocycles. The lowest BCUT2D eigenvalue weighted by Crippen LogP contribution is -2.38. The Morgan fingerprint density at radius 3 is 2.19 bits per heavy atom. The van der Waals surface area contributed by atoms with Crippen molar-refractivity contribution < 1.29 is 41.3 Å². The number of aliphatic hydroxyl groups is 1. The fraction of sp³-hybridized carbons (Fsp3) is 0.200. The average molecular weight is 763 g/mol. The summed E-state index contributed by atoms with van der Waals surface area (Å²) in [6.07, 6.45) is -1.28. The molecule has 1 aliphatic heterocycles. The maximum Gasteiger partial charge on any atom is 0.257 e. The number of thiazole rings is 1. The highest BCUT2D eigenvalue weighted by molar-refractivity contribution is 8.01. The van der Waals surface area contributed by atoms with Crippen LogP contribution in [0.5, 0.6) is 0 Å². The second kappa shape index (κ2) is 15.7. The highest BCUT2D eigenvalue weighted by Gasteiger charge is 2.38. The minimum absolute atomic E-state index is 0.0342. The first-order chi connectivity index (χ1) is 25.6. The molecule has 4 atom stereocenters. The molecule has 1 aliphatic rings. The molecule has 0 saturated carbocycles. The van der Waals surface area contributed by atoms with Crippen molar-refractivity contribution in [3.63, 3.8) is 0 Å². The molecule has 6 nitrogen and oxygen atoms in total. The normalized spacial score (nSPS) is 18.7. The smallest absolute Gasteiger partial charge is 0.257 e. The van der Waals surface area contributed by atoms with Crippen LogP contribution in [-0.4, -0.2) is 27.9 Å². The monoisotopic (exact) mass is 762 g/mol. The van der Waals surface area contributed by atoms with Gasteiger partial charge in [0.05, 0.1) is 29.0 Å². The van der Waals surface area contributed by atoms with Gasteiger partial charge in [0.25, 0.3) is 5.91 Å². The van der Waals surface area contributed by atoms with Gasteiger partial charge in [-0.3, -0.25) is 4.79 Å². The number of carbonyl (C=O) groups excluding carboxylic acids is 1. The van der Waals surface area contributed by atoms with Gasteiger partial charge in [-0.1, -0.05) is 91.5 Å². The lowest BCUT2D eigenvalue weighted by Gasteiger charge is -2.41. The molecule has 7 rings (SSSR count). The number of carbonyl (C=O) groups is 1. The Kier molecular flexibility index (Phi) is 10.9. The summed E-state index contributed by atoms with van der Waals surface area (Å²) in [6, 6.07) is 30.2. The van der Waals surface area contributed by atoms with Gasteiger partial charge >= 0.3 is 0 Å². The molecule has 0 spiro atoms. The summed E-state index contributed by atoms with van der Waals surface area (Å²) >= 11 is 3.27. The van der Waals surface area contributed by atoms with E-state index in [1.807, 2.05) is 78.9 Å². The molecule has 53 heavy (non-hydrogen) atoms. The third kappa shape index (κ3) is 7.71. The zero-order valence-corrected chi connectivity index (χ0v) is 29.6. The fourth-order valence-electron chi connectivity index (χ4n) is 6.18. The minimum atomic E-state index is -2.34. The number of hydrogen-bond acceptors (Lipinski definition) is 7. The van der Waals surface area contributed by atoms with Crippen LogP contribution in [0.3, 0.4) is 0 Å². The number of thioether (sulfide) groups is 1. The van der Waals surface area contributed by atoms with Gasteiger partial charge in [0, 0.05) is 23.8 Å². The number of aromatic nitrogens is 1. The van der Waals surface area contributed by atoms with Crippen LogP contribution in [0.25, 0.3) is 21.3 Å². The predicted octanol–water partition coefficient (Wildman–Crippen LogP) is 9.66. The molecule has 0 aliphatic carbocycles. The van der Waals surface area contributed by atoms with Crippen LogP contribution in [0.15, 0.2) is 101 Å². The molecule has 2 N–H and O–H groups in total. The van der Waals surface area contributed by atoms with Crippen LogP contribution in [0, 0.1) is 35.0 Å². The second-order valence-corrected chi connectivity index (χ2v) is 14.8. The number of aliphatic hydroxyl groups excluding tert-OH is 1. The molecule has 272 valence electrons. The largest absolute Gasteiger partial charge is 0.392 e. The SMILES string of the molecule is CC1C(CSc2nc3ccccc3s2)OC(c2cccc(-c3cccc(CNC(=O)c4c(F)c(F)c(F)c(F)c4F)c3)c2)OC1c1ccc(CO)cc1. The first kappa shape index (κ1) is 36.7. The first-order valence-corrected chi connectivity index (χ1v) is 18.4.